The zero-order valence-corrected chi connectivity index (χ0v) is 19.6. The van der Waals surface area contributed by atoms with Gasteiger partial charge in [0.15, 0.2) is 11.3 Å². The summed E-state index contributed by atoms with van der Waals surface area (Å²) in [7, 11) is 6.89. The van der Waals surface area contributed by atoms with Crippen molar-refractivity contribution >= 4 is 12.1 Å². The lowest BCUT2D eigenvalue weighted by Gasteiger charge is -2.42. The van der Waals surface area contributed by atoms with Crippen LogP contribution in [0.1, 0.15) is 55.4 Å². The van der Waals surface area contributed by atoms with Crippen molar-refractivity contribution in [3.8, 4) is 0 Å². The maximum Gasteiger partial charge on any atom is 0.331 e. The average molecular weight is 401 g/mol. The lowest BCUT2D eigenvalue weighted by atomic mass is 9.81. The molecule has 0 saturated carbocycles. The predicted octanol–water partition coefficient (Wildman–Crippen LogP) is 2.51. The second-order valence-corrected chi connectivity index (χ2v) is 9.77. The van der Waals surface area contributed by atoms with E-state index >= 15 is 0 Å². The molecule has 2 atom stereocenters. The molecule has 0 aromatic heterocycles. The fourth-order valence-electron chi connectivity index (χ4n) is 1.83. The normalized spacial score (nSPS) is 17.2. The molecular weight excluding hydrogens is 360 g/mol. The summed E-state index contributed by atoms with van der Waals surface area (Å²) in [6, 6.07) is -0.783. The topological polar surface area (TPSA) is 113 Å². The minimum atomic E-state index is -1.01. The van der Waals surface area contributed by atoms with Gasteiger partial charge >= 0.3 is 12.1 Å². The third-order valence-corrected chi connectivity index (χ3v) is 4.73. The largest absolute Gasteiger partial charge is 0.331 e. The molecule has 0 radical (unpaired) electrons. The van der Waals surface area contributed by atoms with E-state index in [-0.39, 0.29) is 0 Å². The van der Waals surface area contributed by atoms with E-state index < -0.39 is 34.2 Å². The van der Waals surface area contributed by atoms with Gasteiger partial charge < -0.3 is 10.6 Å². The van der Waals surface area contributed by atoms with Crippen LogP contribution in [0.4, 0.5) is 9.59 Å². The number of hydrazine groups is 2. The molecule has 164 valence electrons. The molecule has 4 N–H and O–H groups in total. The highest BCUT2D eigenvalue weighted by Crippen LogP contribution is 2.36. The van der Waals surface area contributed by atoms with Gasteiger partial charge in [-0.2, -0.15) is 10.2 Å². The van der Waals surface area contributed by atoms with Crippen molar-refractivity contribution < 1.29 is 9.59 Å². The first kappa shape index (κ1) is 26.1. The summed E-state index contributed by atoms with van der Waals surface area (Å²) >= 11 is 0. The highest BCUT2D eigenvalue weighted by Gasteiger charge is 2.44. The molecule has 0 aromatic carbocycles. The Bertz CT molecular complexity index is 527. The fourth-order valence-corrected chi connectivity index (χ4v) is 1.83. The molecule has 2 unspecified atom stereocenters. The lowest BCUT2D eigenvalue weighted by molar-refractivity contribution is 0.116. The third kappa shape index (κ3) is 7.59. The van der Waals surface area contributed by atoms with Crippen LogP contribution in [0, 0.1) is 10.8 Å². The van der Waals surface area contributed by atoms with Gasteiger partial charge in [0.25, 0.3) is 0 Å². The van der Waals surface area contributed by atoms with E-state index in [2.05, 4.69) is 31.7 Å². The summed E-state index contributed by atoms with van der Waals surface area (Å²) in [5.41, 5.74) is 2.39. The van der Waals surface area contributed by atoms with E-state index in [0.717, 1.165) is 0 Å². The van der Waals surface area contributed by atoms with Crippen LogP contribution >= 0.6 is 0 Å². The second kappa shape index (κ2) is 9.04. The molecule has 0 bridgehead atoms. The van der Waals surface area contributed by atoms with Gasteiger partial charge in [0.1, 0.15) is 0 Å². The number of azo groups is 1. The maximum atomic E-state index is 12.3. The number of amides is 4. The molecule has 28 heavy (non-hydrogen) atoms. The summed E-state index contributed by atoms with van der Waals surface area (Å²) in [4.78, 5) is 24.6. The van der Waals surface area contributed by atoms with Crippen LogP contribution in [-0.2, 0) is 0 Å². The van der Waals surface area contributed by atoms with Gasteiger partial charge in [-0.1, -0.05) is 41.5 Å². The molecule has 0 aliphatic heterocycles. The van der Waals surface area contributed by atoms with Crippen LogP contribution < -0.4 is 21.5 Å². The van der Waals surface area contributed by atoms with E-state index in [1.165, 1.54) is 0 Å². The number of urea groups is 2. The Balaban J connectivity index is 5.86. The standard InChI is InChI=1S/C18H40N8O2/c1-15(2,3)17(7,19-13(27)21-25(9)10)23-24-18(8,16(4,5)6)20-14(28)22-26(11)12/h1-12H3,(H2,19,21,27)(H2,20,22,28). The van der Waals surface area contributed by atoms with E-state index in [4.69, 9.17) is 0 Å². The molecule has 0 aliphatic rings. The highest BCUT2D eigenvalue weighted by atomic mass is 16.2. The van der Waals surface area contributed by atoms with E-state index in [0.29, 0.717) is 0 Å². The van der Waals surface area contributed by atoms with Crippen molar-refractivity contribution in [3.63, 3.8) is 0 Å². The minimum absolute atomic E-state index is 0.392. The predicted molar refractivity (Wildman–Crippen MR) is 111 cm³/mol. The molecular formula is C18H40N8O2. The van der Waals surface area contributed by atoms with Gasteiger partial charge in [-0.05, 0) is 13.8 Å². The lowest BCUT2D eigenvalue weighted by Crippen LogP contribution is -2.60. The number of nitrogens with one attached hydrogen (secondary N) is 4. The first-order valence-electron chi connectivity index (χ1n) is 9.29. The molecule has 0 saturated heterocycles. The Labute approximate surface area is 169 Å². The molecule has 0 spiro atoms. The van der Waals surface area contributed by atoms with Gasteiger partial charge in [0, 0.05) is 39.0 Å². The second-order valence-electron chi connectivity index (χ2n) is 9.77. The Morgan fingerprint density at radius 2 is 0.857 bits per heavy atom. The number of carbonyl (C=O) groups is 2. The molecule has 0 rings (SSSR count). The molecule has 10 heteroatoms. The molecule has 0 fully saturated rings. The Hall–Kier alpha value is -1.94. The van der Waals surface area contributed by atoms with Gasteiger partial charge in [-0.3, -0.25) is 10.9 Å². The monoisotopic (exact) mass is 400 g/mol. The van der Waals surface area contributed by atoms with Gasteiger partial charge in [0.05, 0.1) is 0 Å². The van der Waals surface area contributed by atoms with E-state index in [9.17, 15) is 9.59 Å². The smallest absolute Gasteiger partial charge is 0.311 e. The van der Waals surface area contributed by atoms with E-state index in [1.807, 2.05) is 41.5 Å². The number of carbonyl (C=O) groups excluding carboxylic acids is 2. The van der Waals surface area contributed by atoms with Crippen LogP contribution in [0.2, 0.25) is 0 Å². The molecule has 10 nitrogen and oxygen atoms in total. The number of hydrogen-bond donors (Lipinski definition) is 4. The van der Waals surface area contributed by atoms with Gasteiger partial charge in [-0.25, -0.2) is 19.6 Å². The summed E-state index contributed by atoms with van der Waals surface area (Å²) in [5, 5.41) is 17.9. The highest BCUT2D eigenvalue weighted by molar-refractivity contribution is 5.74. The maximum absolute atomic E-state index is 12.3. The number of nitrogens with zero attached hydrogens (tertiary/aromatic N) is 4. The minimum Gasteiger partial charge on any atom is -0.311 e. The zero-order valence-electron chi connectivity index (χ0n) is 19.6. The van der Waals surface area contributed by atoms with E-state index in [1.54, 1.807) is 52.1 Å². The molecule has 0 aliphatic carbocycles. The Kier molecular flexibility index (Phi) is 8.41. The van der Waals surface area contributed by atoms with Gasteiger partial charge in [-0.15, -0.1) is 0 Å². The van der Waals surface area contributed by atoms with Crippen LogP contribution in [0.25, 0.3) is 0 Å². The van der Waals surface area contributed by atoms with Crippen LogP contribution in [0.5, 0.6) is 0 Å². The quantitative estimate of drug-likeness (QED) is 0.405. The first-order valence-corrected chi connectivity index (χ1v) is 9.29. The summed E-state index contributed by atoms with van der Waals surface area (Å²) in [6.45, 7) is 15.4. The number of hydrogen-bond acceptors (Lipinski definition) is 6. The summed E-state index contributed by atoms with van der Waals surface area (Å²) < 4.78 is 0. The van der Waals surface area contributed by atoms with Crippen molar-refractivity contribution in [1.29, 1.82) is 0 Å². The van der Waals surface area contributed by atoms with Crippen molar-refractivity contribution in [3.05, 3.63) is 0 Å². The average Bonchev–Trinajstić information content (AvgIpc) is 2.40. The van der Waals surface area contributed by atoms with Crippen molar-refractivity contribution in [2.75, 3.05) is 28.2 Å². The van der Waals surface area contributed by atoms with Crippen molar-refractivity contribution in [2.45, 2.75) is 66.7 Å². The van der Waals surface area contributed by atoms with Crippen molar-refractivity contribution in [2.24, 2.45) is 21.1 Å². The Morgan fingerprint density at radius 3 is 1.04 bits per heavy atom. The molecule has 0 aromatic rings. The summed E-state index contributed by atoms with van der Waals surface area (Å²) in [5.74, 6) is 0. The van der Waals surface area contributed by atoms with Gasteiger partial charge in [0.2, 0.25) is 0 Å². The van der Waals surface area contributed by atoms with Crippen LogP contribution in [-0.4, -0.2) is 61.6 Å². The zero-order chi connectivity index (χ0) is 22.6. The Morgan fingerprint density at radius 1 is 0.607 bits per heavy atom. The third-order valence-electron chi connectivity index (χ3n) is 4.73. The SMILES string of the molecule is CN(C)NC(=O)NC(C)(N=NC(C)(NC(=O)NN(C)C)C(C)(C)C)C(C)(C)C. The van der Waals surface area contributed by atoms with Crippen molar-refractivity contribution in [1.82, 2.24) is 31.5 Å². The molecule has 4 amide bonds. The molecule has 0 heterocycles. The summed E-state index contributed by atoms with van der Waals surface area (Å²) in [6.07, 6.45) is 0. The fraction of sp³-hybridized carbons (Fsp3) is 0.889. The van der Waals surface area contributed by atoms with Crippen LogP contribution in [0.15, 0.2) is 10.2 Å². The first-order chi connectivity index (χ1) is 12.3. The van der Waals surface area contributed by atoms with Crippen LogP contribution in [0.3, 0.4) is 0 Å². The number of rotatable bonds is 6.